The highest BCUT2D eigenvalue weighted by Gasteiger charge is 2.00. The van der Waals surface area contributed by atoms with E-state index < -0.39 is 17.9 Å². The van der Waals surface area contributed by atoms with Gasteiger partial charge in [0.1, 0.15) is 0 Å². The minimum absolute atomic E-state index is 0.0494. The Labute approximate surface area is 384 Å². The molecule has 7 nitrogen and oxygen atoms in total. The molecule has 0 rings (SSSR count). The molecule has 9 heteroatoms. The number of hydrogen-bond acceptors (Lipinski definition) is 6. The van der Waals surface area contributed by atoms with E-state index in [1.54, 1.807) is 0 Å². The molecular weight excluding hydrogens is 789 g/mol. The van der Waals surface area contributed by atoms with E-state index in [2.05, 4.69) is 46.0 Å². The molecule has 0 aliphatic heterocycles. The summed E-state index contributed by atoms with van der Waals surface area (Å²) in [7, 11) is 0. The zero-order valence-corrected chi connectivity index (χ0v) is 41.9. The van der Waals surface area contributed by atoms with Crippen LogP contribution in [0.5, 0.6) is 0 Å². The minimum Gasteiger partial charge on any atom is -0.481 e. The molecule has 0 fully saturated rings. The van der Waals surface area contributed by atoms with Crippen LogP contribution >= 0.6 is 25.3 Å². The first-order valence-electron chi connectivity index (χ1n) is 25.7. The largest absolute Gasteiger partial charge is 0.481 e. The van der Waals surface area contributed by atoms with Gasteiger partial charge in [-0.15, -0.1) is 0 Å². The number of carboxylic acid groups (broad SMARTS) is 3. The van der Waals surface area contributed by atoms with Crippen molar-refractivity contribution < 1.29 is 34.8 Å². The Morgan fingerprint density at radius 1 is 0.333 bits per heavy atom. The molecule has 4 N–H and O–H groups in total. The number of hydrogen-bond donors (Lipinski definition) is 6. The van der Waals surface area contributed by atoms with E-state index in [0.29, 0.717) is 25.0 Å². The van der Waals surface area contributed by atoms with Gasteiger partial charge in [0.15, 0.2) is 0 Å². The van der Waals surface area contributed by atoms with Gasteiger partial charge in [0.05, 0.1) is 6.61 Å². The molecule has 0 amide bonds. The molecule has 0 aromatic carbocycles. The van der Waals surface area contributed by atoms with Crippen molar-refractivity contribution in [2.24, 2.45) is 0 Å². The maximum absolute atomic E-state index is 10.3. The summed E-state index contributed by atoms with van der Waals surface area (Å²) in [6.45, 7) is 6.90. The molecule has 0 saturated heterocycles. The molecule has 0 heterocycles. The number of thiol groups is 2. The third-order valence-electron chi connectivity index (χ3n) is 10.9. The number of aliphatic carboxylic acids is 3. The standard InChI is InChI=1S/3C16H32O2.C3H8OS2/c3*1-2-3-4-5-6-7-8-9-10-11-12-13-14-15-16(17)18;4-1-3(6)2-5/h3*2-15H2,1H3,(H,17,18);3-6H,1-2H2. The maximum atomic E-state index is 10.3. The van der Waals surface area contributed by atoms with E-state index >= 15 is 0 Å². The third kappa shape index (κ3) is 77.6. The van der Waals surface area contributed by atoms with Gasteiger partial charge in [0.25, 0.3) is 0 Å². The van der Waals surface area contributed by atoms with Crippen LogP contribution in [0.2, 0.25) is 0 Å². The minimum atomic E-state index is -0.655. The van der Waals surface area contributed by atoms with Crippen molar-refractivity contribution in [2.75, 3.05) is 12.4 Å². The zero-order chi connectivity index (χ0) is 45.4. The molecule has 0 aliphatic carbocycles. The Morgan fingerprint density at radius 2 is 0.483 bits per heavy atom. The first-order chi connectivity index (χ1) is 29.1. The molecule has 0 aliphatic rings. The van der Waals surface area contributed by atoms with Crippen LogP contribution in [0.4, 0.5) is 0 Å². The van der Waals surface area contributed by atoms with E-state index in [1.165, 1.54) is 212 Å². The highest BCUT2D eigenvalue weighted by atomic mass is 32.1. The summed E-state index contributed by atoms with van der Waals surface area (Å²) in [6, 6.07) is 0. The van der Waals surface area contributed by atoms with Crippen LogP contribution in [0.15, 0.2) is 0 Å². The molecule has 0 radical (unpaired) electrons. The van der Waals surface area contributed by atoms with Crippen molar-refractivity contribution in [3.63, 3.8) is 0 Å². The number of unbranched alkanes of at least 4 members (excludes halogenated alkanes) is 36. The van der Waals surface area contributed by atoms with Crippen LogP contribution in [-0.4, -0.2) is 55.9 Å². The Balaban J connectivity index is -0.000000366. The van der Waals surface area contributed by atoms with Gasteiger partial charge in [-0.2, -0.15) is 25.3 Å². The number of aliphatic hydroxyl groups is 1. The summed E-state index contributed by atoms with van der Waals surface area (Å²) in [5.41, 5.74) is 0. The van der Waals surface area contributed by atoms with Crippen molar-refractivity contribution in [1.82, 2.24) is 0 Å². The predicted octanol–water partition coefficient (Wildman–Crippen LogP) is 16.9. The molecule has 0 saturated carbocycles. The first kappa shape index (κ1) is 65.7. The summed E-state index contributed by atoms with van der Waals surface area (Å²) in [5.74, 6) is -1.33. The fraction of sp³-hybridized carbons (Fsp3) is 0.941. The second kappa shape index (κ2) is 62.4. The van der Waals surface area contributed by atoms with E-state index in [1.807, 2.05) is 0 Å². The Hall–Kier alpha value is -0.930. The Kier molecular flexibility index (Phi) is 68.3. The summed E-state index contributed by atoms with van der Waals surface area (Å²) < 4.78 is 0. The molecule has 0 aromatic heterocycles. The highest BCUT2D eigenvalue weighted by molar-refractivity contribution is 7.84. The van der Waals surface area contributed by atoms with Crippen molar-refractivity contribution >= 4 is 43.2 Å². The smallest absolute Gasteiger partial charge is 0.303 e. The van der Waals surface area contributed by atoms with Crippen molar-refractivity contribution in [3.05, 3.63) is 0 Å². The first-order valence-corrected chi connectivity index (χ1v) is 26.8. The molecule has 1 atom stereocenters. The summed E-state index contributed by atoms with van der Waals surface area (Å²) in [6.07, 6.45) is 51.8. The fourth-order valence-electron chi connectivity index (χ4n) is 6.94. The molecule has 0 bridgehead atoms. The highest BCUT2D eigenvalue weighted by Crippen LogP contribution is 2.15. The number of aliphatic hydroxyl groups excluding tert-OH is 1. The second-order valence-electron chi connectivity index (χ2n) is 17.2. The van der Waals surface area contributed by atoms with Gasteiger partial charge >= 0.3 is 17.9 Å². The van der Waals surface area contributed by atoms with Crippen molar-refractivity contribution in [2.45, 2.75) is 296 Å². The summed E-state index contributed by atoms with van der Waals surface area (Å²) in [4.78, 5) is 30.9. The van der Waals surface area contributed by atoms with Crippen LogP contribution in [0.25, 0.3) is 0 Å². The Bertz CT molecular complexity index is 715. The lowest BCUT2D eigenvalue weighted by Gasteiger charge is -2.02. The zero-order valence-electron chi connectivity index (χ0n) is 40.1. The van der Waals surface area contributed by atoms with Gasteiger partial charge in [-0.05, 0) is 19.3 Å². The lowest BCUT2D eigenvalue weighted by Crippen LogP contribution is -2.04. The molecular formula is C51H104O7S2. The lowest BCUT2D eigenvalue weighted by molar-refractivity contribution is -0.138. The molecule has 60 heavy (non-hydrogen) atoms. The van der Waals surface area contributed by atoms with Gasteiger partial charge in [0.2, 0.25) is 0 Å². The predicted molar refractivity (Wildman–Crippen MR) is 268 cm³/mol. The maximum Gasteiger partial charge on any atom is 0.303 e. The number of rotatable bonds is 44. The fourth-order valence-corrected chi connectivity index (χ4v) is 7.06. The number of carbonyl (C=O) groups is 3. The SMILES string of the molecule is CCCCCCCCCCCCCCCC(=O)O.CCCCCCCCCCCCCCCC(=O)O.CCCCCCCCCCCCCCCC(=O)O.OCC(S)CS. The molecule has 1 unspecified atom stereocenters. The van der Waals surface area contributed by atoms with Crippen LogP contribution in [-0.2, 0) is 14.4 Å². The van der Waals surface area contributed by atoms with E-state index in [4.69, 9.17) is 20.4 Å². The summed E-state index contributed by atoms with van der Waals surface area (Å²) >= 11 is 7.76. The van der Waals surface area contributed by atoms with Crippen LogP contribution in [0.3, 0.4) is 0 Å². The summed E-state index contributed by atoms with van der Waals surface area (Å²) in [5, 5.41) is 33.7. The van der Waals surface area contributed by atoms with Crippen LogP contribution in [0, 0.1) is 0 Å². The van der Waals surface area contributed by atoms with Gasteiger partial charge in [0, 0.05) is 30.3 Å². The quantitative estimate of drug-likeness (QED) is 0.0265. The van der Waals surface area contributed by atoms with Crippen LogP contribution < -0.4 is 0 Å². The van der Waals surface area contributed by atoms with Gasteiger partial charge in [-0.3, -0.25) is 14.4 Å². The van der Waals surface area contributed by atoms with E-state index in [9.17, 15) is 14.4 Å². The average Bonchev–Trinajstić information content (AvgIpc) is 3.23. The average molecular weight is 894 g/mol. The number of carboxylic acids is 3. The van der Waals surface area contributed by atoms with Crippen molar-refractivity contribution in [1.29, 1.82) is 0 Å². The van der Waals surface area contributed by atoms with E-state index in [-0.39, 0.29) is 11.9 Å². The van der Waals surface area contributed by atoms with Gasteiger partial charge in [-0.1, -0.05) is 252 Å². The molecule has 0 spiro atoms. The monoisotopic (exact) mass is 893 g/mol. The lowest BCUT2D eigenvalue weighted by atomic mass is 10.0. The van der Waals surface area contributed by atoms with Gasteiger partial charge < -0.3 is 20.4 Å². The Morgan fingerprint density at radius 3 is 0.583 bits per heavy atom. The second-order valence-corrected chi connectivity index (χ2v) is 18.3. The third-order valence-corrected chi connectivity index (χ3v) is 12.0. The van der Waals surface area contributed by atoms with Crippen molar-refractivity contribution in [3.8, 4) is 0 Å². The van der Waals surface area contributed by atoms with Crippen LogP contribution in [0.1, 0.15) is 290 Å². The molecule has 0 aromatic rings. The normalized spacial score (nSPS) is 11.1. The van der Waals surface area contributed by atoms with Gasteiger partial charge in [-0.25, -0.2) is 0 Å². The van der Waals surface area contributed by atoms with E-state index in [0.717, 1.165) is 38.5 Å². The molecule has 362 valence electrons. The topological polar surface area (TPSA) is 132 Å².